The lowest BCUT2D eigenvalue weighted by molar-refractivity contribution is -0.128. The molecule has 4 nitrogen and oxygen atoms in total. The molecule has 0 spiro atoms. The van der Waals surface area contributed by atoms with Gasteiger partial charge in [-0.2, -0.15) is 0 Å². The van der Waals surface area contributed by atoms with E-state index in [1.807, 2.05) is 31.2 Å². The van der Waals surface area contributed by atoms with Crippen molar-refractivity contribution in [3.05, 3.63) is 29.8 Å². The first-order valence-corrected chi connectivity index (χ1v) is 6.40. The Morgan fingerprint density at radius 1 is 1.56 bits per heavy atom. The number of aliphatic hydroxyl groups excluding tert-OH is 1. The molecule has 2 N–H and O–H groups in total. The summed E-state index contributed by atoms with van der Waals surface area (Å²) in [6.07, 6.45) is 1.58. The lowest BCUT2D eigenvalue weighted by Crippen LogP contribution is -2.43. The van der Waals surface area contributed by atoms with E-state index in [2.05, 4.69) is 5.32 Å². The standard InChI is InChI=1S/C14H19NO3/c1-2-11(7-8-16)15-14(17)13-9-10-5-3-4-6-12(10)18-13/h3-6,11,13,16H,2,7-9H2,1H3,(H,15,17). The Morgan fingerprint density at radius 3 is 3.00 bits per heavy atom. The van der Waals surface area contributed by atoms with Gasteiger partial charge in [0.15, 0.2) is 6.10 Å². The van der Waals surface area contributed by atoms with Gasteiger partial charge in [-0.15, -0.1) is 0 Å². The molecule has 1 aliphatic heterocycles. The van der Waals surface area contributed by atoms with Crippen LogP contribution in [0.5, 0.6) is 5.75 Å². The molecule has 0 bridgehead atoms. The van der Waals surface area contributed by atoms with E-state index in [9.17, 15) is 4.79 Å². The molecule has 1 aliphatic rings. The van der Waals surface area contributed by atoms with Crippen molar-refractivity contribution < 1.29 is 14.6 Å². The van der Waals surface area contributed by atoms with Gasteiger partial charge in [-0.25, -0.2) is 0 Å². The molecule has 2 unspecified atom stereocenters. The molecule has 1 aromatic carbocycles. The number of carbonyl (C=O) groups is 1. The molecule has 18 heavy (non-hydrogen) atoms. The SMILES string of the molecule is CCC(CCO)NC(=O)C1Cc2ccccc2O1. The lowest BCUT2D eigenvalue weighted by atomic mass is 10.1. The number of amides is 1. The summed E-state index contributed by atoms with van der Waals surface area (Å²) in [4.78, 5) is 12.0. The predicted octanol–water partition coefficient (Wildman–Crippen LogP) is 1.27. The topological polar surface area (TPSA) is 58.6 Å². The Balaban J connectivity index is 1.92. The molecule has 2 atom stereocenters. The highest BCUT2D eigenvalue weighted by Crippen LogP contribution is 2.28. The number of carbonyl (C=O) groups excluding carboxylic acids is 1. The number of nitrogens with one attached hydrogen (secondary N) is 1. The largest absolute Gasteiger partial charge is 0.480 e. The molecule has 0 aliphatic carbocycles. The number of rotatable bonds is 5. The Bertz CT molecular complexity index is 394. The average Bonchev–Trinajstić information content (AvgIpc) is 2.82. The van der Waals surface area contributed by atoms with Crippen molar-refractivity contribution in [3.63, 3.8) is 0 Å². The van der Waals surface area contributed by atoms with Crippen molar-refractivity contribution in [3.8, 4) is 5.75 Å². The molecule has 1 amide bonds. The van der Waals surface area contributed by atoms with Crippen molar-refractivity contribution in [1.82, 2.24) is 5.32 Å². The van der Waals surface area contributed by atoms with Crippen LogP contribution in [-0.4, -0.2) is 29.8 Å². The Labute approximate surface area is 107 Å². The van der Waals surface area contributed by atoms with Crippen molar-refractivity contribution in [2.75, 3.05) is 6.61 Å². The third kappa shape index (κ3) is 2.82. The minimum absolute atomic E-state index is 0.0230. The van der Waals surface area contributed by atoms with Crippen LogP contribution < -0.4 is 10.1 Å². The highest BCUT2D eigenvalue weighted by molar-refractivity contribution is 5.82. The summed E-state index contributed by atoms with van der Waals surface area (Å²) in [5, 5.41) is 11.8. The summed E-state index contributed by atoms with van der Waals surface area (Å²) in [7, 11) is 0. The molecule has 0 saturated heterocycles. The monoisotopic (exact) mass is 249 g/mol. The number of para-hydroxylation sites is 1. The first-order valence-electron chi connectivity index (χ1n) is 6.40. The molecule has 0 saturated carbocycles. The Morgan fingerprint density at radius 2 is 2.33 bits per heavy atom. The molecule has 0 radical (unpaired) electrons. The van der Waals surface area contributed by atoms with Gasteiger partial charge in [-0.3, -0.25) is 4.79 Å². The van der Waals surface area contributed by atoms with Crippen LogP contribution in [0.2, 0.25) is 0 Å². The summed E-state index contributed by atoms with van der Waals surface area (Å²) >= 11 is 0. The van der Waals surface area contributed by atoms with Gasteiger partial charge in [0.2, 0.25) is 0 Å². The molecule has 98 valence electrons. The van der Waals surface area contributed by atoms with Crippen LogP contribution in [0.4, 0.5) is 0 Å². The highest BCUT2D eigenvalue weighted by atomic mass is 16.5. The summed E-state index contributed by atoms with van der Waals surface area (Å²) in [5.41, 5.74) is 1.08. The van der Waals surface area contributed by atoms with E-state index >= 15 is 0 Å². The molecular formula is C14H19NO3. The van der Waals surface area contributed by atoms with Crippen LogP contribution in [0.1, 0.15) is 25.3 Å². The van der Waals surface area contributed by atoms with E-state index in [1.165, 1.54) is 0 Å². The fraction of sp³-hybridized carbons (Fsp3) is 0.500. The van der Waals surface area contributed by atoms with Gasteiger partial charge in [0.1, 0.15) is 5.75 Å². The number of ether oxygens (including phenoxy) is 1. The zero-order valence-corrected chi connectivity index (χ0v) is 10.6. The molecule has 1 aromatic rings. The summed E-state index contributed by atoms with van der Waals surface area (Å²) in [5.74, 6) is 0.708. The van der Waals surface area contributed by atoms with E-state index in [0.29, 0.717) is 12.8 Å². The van der Waals surface area contributed by atoms with E-state index in [0.717, 1.165) is 17.7 Å². The maximum absolute atomic E-state index is 12.0. The van der Waals surface area contributed by atoms with Crippen LogP contribution in [0.25, 0.3) is 0 Å². The summed E-state index contributed by atoms with van der Waals surface area (Å²) < 4.78 is 5.62. The van der Waals surface area contributed by atoms with Crippen molar-refractivity contribution in [2.24, 2.45) is 0 Å². The van der Waals surface area contributed by atoms with Crippen LogP contribution in [0.15, 0.2) is 24.3 Å². The van der Waals surface area contributed by atoms with Crippen molar-refractivity contribution >= 4 is 5.91 Å². The van der Waals surface area contributed by atoms with Gasteiger partial charge < -0.3 is 15.2 Å². The smallest absolute Gasteiger partial charge is 0.261 e. The van der Waals surface area contributed by atoms with Crippen LogP contribution in [-0.2, 0) is 11.2 Å². The van der Waals surface area contributed by atoms with Gasteiger partial charge in [-0.05, 0) is 24.5 Å². The molecule has 2 rings (SSSR count). The van der Waals surface area contributed by atoms with Gasteiger partial charge in [0.05, 0.1) is 0 Å². The predicted molar refractivity (Wildman–Crippen MR) is 68.5 cm³/mol. The minimum Gasteiger partial charge on any atom is -0.480 e. The first-order chi connectivity index (χ1) is 8.74. The van der Waals surface area contributed by atoms with Gasteiger partial charge in [0, 0.05) is 19.1 Å². The van der Waals surface area contributed by atoms with Crippen molar-refractivity contribution in [2.45, 2.75) is 38.3 Å². The Kier molecular flexibility index (Phi) is 4.20. The zero-order chi connectivity index (χ0) is 13.0. The average molecular weight is 249 g/mol. The number of aliphatic hydroxyl groups is 1. The van der Waals surface area contributed by atoms with Crippen molar-refractivity contribution in [1.29, 1.82) is 0 Å². The maximum Gasteiger partial charge on any atom is 0.261 e. The summed E-state index contributed by atoms with van der Waals surface area (Å²) in [6, 6.07) is 7.74. The summed E-state index contributed by atoms with van der Waals surface area (Å²) in [6.45, 7) is 2.08. The van der Waals surface area contributed by atoms with Gasteiger partial charge >= 0.3 is 0 Å². The van der Waals surface area contributed by atoms with E-state index < -0.39 is 6.10 Å². The fourth-order valence-corrected chi connectivity index (χ4v) is 2.16. The third-order valence-corrected chi connectivity index (χ3v) is 3.26. The number of hydrogen-bond donors (Lipinski definition) is 2. The molecule has 4 heteroatoms. The molecule has 0 fully saturated rings. The number of fused-ring (bicyclic) bond motifs is 1. The molecule has 0 aromatic heterocycles. The number of benzene rings is 1. The lowest BCUT2D eigenvalue weighted by Gasteiger charge is -2.18. The molecule has 1 heterocycles. The first kappa shape index (κ1) is 12.9. The Hall–Kier alpha value is -1.55. The second kappa shape index (κ2) is 5.87. The zero-order valence-electron chi connectivity index (χ0n) is 10.6. The third-order valence-electron chi connectivity index (χ3n) is 3.26. The fourth-order valence-electron chi connectivity index (χ4n) is 2.16. The van der Waals surface area contributed by atoms with Crippen LogP contribution >= 0.6 is 0 Å². The molecular weight excluding hydrogens is 230 g/mol. The highest BCUT2D eigenvalue weighted by Gasteiger charge is 2.29. The van der Waals surface area contributed by atoms with Gasteiger partial charge in [-0.1, -0.05) is 25.1 Å². The van der Waals surface area contributed by atoms with Crippen LogP contribution in [0.3, 0.4) is 0 Å². The van der Waals surface area contributed by atoms with Gasteiger partial charge in [0.25, 0.3) is 5.91 Å². The quantitative estimate of drug-likeness (QED) is 0.826. The number of hydrogen-bond acceptors (Lipinski definition) is 3. The van der Waals surface area contributed by atoms with E-state index in [1.54, 1.807) is 0 Å². The van der Waals surface area contributed by atoms with E-state index in [-0.39, 0.29) is 18.6 Å². The normalized spacial score (nSPS) is 18.9. The maximum atomic E-state index is 12.0. The second-order valence-electron chi connectivity index (χ2n) is 4.54. The second-order valence-corrected chi connectivity index (χ2v) is 4.54. The van der Waals surface area contributed by atoms with Crippen LogP contribution in [0, 0.1) is 0 Å². The van der Waals surface area contributed by atoms with E-state index in [4.69, 9.17) is 9.84 Å². The minimum atomic E-state index is -0.435.